The molecule has 1 aliphatic rings. The van der Waals surface area contributed by atoms with Crippen LogP contribution in [0.3, 0.4) is 0 Å². The molecule has 0 amide bonds. The van der Waals surface area contributed by atoms with Crippen molar-refractivity contribution in [3.63, 3.8) is 0 Å². The fraction of sp³-hybridized carbons (Fsp3) is 0.333. The van der Waals surface area contributed by atoms with Crippen molar-refractivity contribution in [2.45, 2.75) is 57.5 Å². The smallest absolute Gasteiger partial charge is 0.336 e. The van der Waals surface area contributed by atoms with Crippen molar-refractivity contribution in [2.75, 3.05) is 0 Å². The molecular weight excluding hydrogens is 400 g/mol. The molecule has 1 heterocycles. The number of nitrogens with zero attached hydrogens (tertiary/aromatic N) is 2. The van der Waals surface area contributed by atoms with Gasteiger partial charge in [-0.15, -0.1) is 12.3 Å². The molecule has 0 atom stereocenters. The van der Waals surface area contributed by atoms with Gasteiger partial charge in [-0.25, -0.2) is 9.59 Å². The molecule has 0 spiro atoms. The summed E-state index contributed by atoms with van der Waals surface area (Å²) in [6, 6.07) is 15.0. The highest BCUT2D eigenvalue weighted by atomic mass is 16.4. The summed E-state index contributed by atoms with van der Waals surface area (Å²) in [5, 5.41) is 9.46. The molecule has 1 saturated carbocycles. The Morgan fingerprint density at radius 1 is 1.06 bits per heavy atom. The highest BCUT2D eigenvalue weighted by molar-refractivity contribution is 5.95. The number of aromatic carboxylic acids is 1. The normalized spacial score (nSPS) is 14.2. The van der Waals surface area contributed by atoms with Gasteiger partial charge in [-0.05, 0) is 35.6 Å². The van der Waals surface area contributed by atoms with Crippen molar-refractivity contribution in [1.29, 1.82) is 0 Å². The van der Waals surface area contributed by atoms with Crippen LogP contribution in [0, 0.1) is 12.3 Å². The van der Waals surface area contributed by atoms with E-state index in [1.165, 1.54) is 19.3 Å². The second-order valence-corrected chi connectivity index (χ2v) is 8.44. The molecule has 0 bridgehead atoms. The molecule has 0 radical (unpaired) electrons. The van der Waals surface area contributed by atoms with E-state index in [4.69, 9.17) is 6.42 Å². The molecule has 164 valence electrons. The number of benzene rings is 2. The van der Waals surface area contributed by atoms with Crippen molar-refractivity contribution in [2.24, 2.45) is 0 Å². The van der Waals surface area contributed by atoms with Crippen LogP contribution in [0.15, 0.2) is 59.5 Å². The van der Waals surface area contributed by atoms with Gasteiger partial charge in [-0.1, -0.05) is 61.7 Å². The first-order chi connectivity index (χ1) is 15.6. The van der Waals surface area contributed by atoms with E-state index in [1.807, 2.05) is 51.7 Å². The Kier molecular flexibility index (Phi) is 6.61. The first-order valence-corrected chi connectivity index (χ1v) is 11.2. The molecule has 5 nitrogen and oxygen atoms in total. The minimum absolute atomic E-state index is 0.0317. The van der Waals surface area contributed by atoms with Gasteiger partial charge in [-0.3, -0.25) is 9.13 Å². The molecule has 1 aromatic heterocycles. The molecule has 0 saturated heterocycles. The van der Waals surface area contributed by atoms with Crippen molar-refractivity contribution in [1.82, 2.24) is 9.13 Å². The fourth-order valence-electron chi connectivity index (χ4n) is 4.63. The Morgan fingerprint density at radius 3 is 2.47 bits per heavy atom. The number of carboxylic acids is 1. The fourth-order valence-corrected chi connectivity index (χ4v) is 4.63. The van der Waals surface area contributed by atoms with Gasteiger partial charge in [0.1, 0.15) is 0 Å². The quantitative estimate of drug-likeness (QED) is 0.530. The van der Waals surface area contributed by atoms with Crippen LogP contribution in [-0.2, 0) is 13.0 Å². The topological polar surface area (TPSA) is 64.2 Å². The second kappa shape index (κ2) is 9.74. The number of terminal acetylenes is 1. The first-order valence-electron chi connectivity index (χ1n) is 11.2. The van der Waals surface area contributed by atoms with Crippen LogP contribution in [0.25, 0.3) is 11.1 Å². The Hall–Kier alpha value is -3.52. The summed E-state index contributed by atoms with van der Waals surface area (Å²) in [6.45, 7) is 0.472. The highest BCUT2D eigenvalue weighted by Crippen LogP contribution is 2.28. The van der Waals surface area contributed by atoms with Crippen LogP contribution in [-0.4, -0.2) is 20.2 Å². The van der Waals surface area contributed by atoms with Gasteiger partial charge in [0.2, 0.25) is 0 Å². The third-order valence-electron chi connectivity index (χ3n) is 6.34. The number of hydrogen-bond acceptors (Lipinski definition) is 2. The maximum atomic E-state index is 13.3. The maximum absolute atomic E-state index is 13.3. The van der Waals surface area contributed by atoms with E-state index < -0.39 is 5.97 Å². The zero-order chi connectivity index (χ0) is 22.5. The average molecular weight is 429 g/mol. The number of imidazole rings is 1. The summed E-state index contributed by atoms with van der Waals surface area (Å²) in [5.74, 6) is 1.74. The number of rotatable bonds is 7. The third kappa shape index (κ3) is 4.55. The number of carbonyl (C=O) groups is 1. The van der Waals surface area contributed by atoms with Gasteiger partial charge >= 0.3 is 11.7 Å². The van der Waals surface area contributed by atoms with Crippen LogP contribution in [0.2, 0.25) is 0 Å². The van der Waals surface area contributed by atoms with Gasteiger partial charge < -0.3 is 5.11 Å². The van der Waals surface area contributed by atoms with E-state index >= 15 is 0 Å². The Balaban J connectivity index is 1.62. The lowest BCUT2D eigenvalue weighted by Gasteiger charge is -2.22. The standard InChI is InChI=1S/C27H28N2O3/c1-2-3-9-23-19-29(22-10-5-4-6-11-22)27(32)28(23)18-20-14-16-21(17-15-20)24-12-7-8-13-25(24)26(30)31/h1,7-8,12-17,19,22H,3-6,9-11,18H2,(H,30,31). The first kappa shape index (κ1) is 21.7. The predicted molar refractivity (Wildman–Crippen MR) is 126 cm³/mol. The average Bonchev–Trinajstić information content (AvgIpc) is 3.14. The van der Waals surface area contributed by atoms with Crippen molar-refractivity contribution in [3.8, 4) is 23.5 Å². The molecule has 4 rings (SSSR count). The van der Waals surface area contributed by atoms with E-state index in [0.717, 1.165) is 29.7 Å². The van der Waals surface area contributed by atoms with Gasteiger partial charge in [0.25, 0.3) is 0 Å². The van der Waals surface area contributed by atoms with E-state index in [1.54, 1.807) is 12.1 Å². The second-order valence-electron chi connectivity index (χ2n) is 8.44. The van der Waals surface area contributed by atoms with Gasteiger partial charge in [-0.2, -0.15) is 0 Å². The van der Waals surface area contributed by atoms with E-state index in [2.05, 4.69) is 5.92 Å². The lowest BCUT2D eigenvalue weighted by Crippen LogP contribution is -2.29. The van der Waals surface area contributed by atoms with Gasteiger partial charge in [0.15, 0.2) is 0 Å². The zero-order valence-electron chi connectivity index (χ0n) is 18.2. The minimum atomic E-state index is -0.946. The Bertz CT molecular complexity index is 1190. The van der Waals surface area contributed by atoms with Crippen molar-refractivity contribution in [3.05, 3.63) is 82.0 Å². The number of carboxylic acid groups (broad SMARTS) is 1. The monoisotopic (exact) mass is 428 g/mol. The summed E-state index contributed by atoms with van der Waals surface area (Å²) >= 11 is 0. The number of hydrogen-bond donors (Lipinski definition) is 1. The van der Waals surface area contributed by atoms with Gasteiger partial charge in [0.05, 0.1) is 12.1 Å². The van der Waals surface area contributed by atoms with E-state index in [0.29, 0.717) is 24.9 Å². The molecule has 2 aromatic carbocycles. The largest absolute Gasteiger partial charge is 0.478 e. The third-order valence-corrected chi connectivity index (χ3v) is 6.34. The minimum Gasteiger partial charge on any atom is -0.478 e. The molecule has 1 N–H and O–H groups in total. The van der Waals surface area contributed by atoms with Crippen LogP contribution >= 0.6 is 0 Å². The van der Waals surface area contributed by atoms with Crippen LogP contribution in [0.1, 0.15) is 66.2 Å². The highest BCUT2D eigenvalue weighted by Gasteiger charge is 2.20. The summed E-state index contributed by atoms with van der Waals surface area (Å²) < 4.78 is 3.76. The van der Waals surface area contributed by atoms with Crippen LogP contribution in [0.5, 0.6) is 0 Å². The zero-order valence-corrected chi connectivity index (χ0v) is 18.2. The summed E-state index contributed by atoms with van der Waals surface area (Å²) in [4.78, 5) is 24.8. The van der Waals surface area contributed by atoms with E-state index in [9.17, 15) is 14.7 Å². The Morgan fingerprint density at radius 2 is 1.78 bits per heavy atom. The molecular formula is C27H28N2O3. The molecule has 32 heavy (non-hydrogen) atoms. The molecule has 1 aliphatic carbocycles. The molecule has 3 aromatic rings. The molecule has 0 unspecified atom stereocenters. The summed E-state index contributed by atoms with van der Waals surface area (Å²) in [5.41, 5.74) is 3.79. The van der Waals surface area contributed by atoms with Crippen LogP contribution in [0.4, 0.5) is 0 Å². The lowest BCUT2D eigenvalue weighted by atomic mass is 9.95. The molecule has 0 aliphatic heterocycles. The number of aryl methyl sites for hydroxylation is 1. The van der Waals surface area contributed by atoms with Crippen LogP contribution < -0.4 is 5.69 Å². The maximum Gasteiger partial charge on any atom is 0.336 e. The SMILES string of the molecule is C#CCCc1cn(C2CCCCC2)c(=O)n1Cc1ccc(-c2ccccc2C(=O)O)cc1. The summed E-state index contributed by atoms with van der Waals surface area (Å²) in [6.07, 6.45) is 14.4. The van der Waals surface area contributed by atoms with E-state index in [-0.39, 0.29) is 17.3 Å². The van der Waals surface area contributed by atoms with Crippen molar-refractivity contribution >= 4 is 5.97 Å². The molecule has 5 heteroatoms. The predicted octanol–water partition coefficient (Wildman–Crippen LogP) is 5.13. The van der Waals surface area contributed by atoms with Gasteiger partial charge in [0, 0.05) is 30.8 Å². The Labute approximate surface area is 188 Å². The molecule has 1 fully saturated rings. The lowest BCUT2D eigenvalue weighted by molar-refractivity contribution is 0.0697. The number of aromatic nitrogens is 2. The summed E-state index contributed by atoms with van der Waals surface area (Å²) in [7, 11) is 0. The van der Waals surface area contributed by atoms with Crippen molar-refractivity contribution < 1.29 is 9.90 Å².